The fourth-order valence-electron chi connectivity index (χ4n) is 3.99. The molecule has 0 atom stereocenters. The molecule has 1 fully saturated rings. The third-order valence-corrected chi connectivity index (χ3v) is 7.34. The van der Waals surface area contributed by atoms with Gasteiger partial charge in [-0.15, -0.1) is 0 Å². The molecule has 40 heavy (non-hydrogen) atoms. The van der Waals surface area contributed by atoms with Crippen LogP contribution in [-0.4, -0.2) is 43.3 Å². The van der Waals surface area contributed by atoms with Crippen LogP contribution in [0.3, 0.4) is 0 Å². The Morgan fingerprint density at radius 1 is 1.15 bits per heavy atom. The molecule has 0 saturated carbocycles. The highest BCUT2D eigenvalue weighted by Gasteiger charge is 2.35. The maximum Gasteiger partial charge on any atom is 0.373 e. The van der Waals surface area contributed by atoms with Crippen LogP contribution < -0.4 is 24.3 Å². The highest BCUT2D eigenvalue weighted by molar-refractivity contribution is 9.10. The molecule has 2 aliphatic heterocycles. The monoisotopic (exact) mass is 632 g/mol. The van der Waals surface area contributed by atoms with Gasteiger partial charge in [0.15, 0.2) is 23.0 Å². The molecule has 0 unspecified atom stereocenters. The minimum atomic E-state index is -0.667. The molecular weight excluding hydrogens is 612 g/mol. The second-order valence-electron chi connectivity index (χ2n) is 8.47. The van der Waals surface area contributed by atoms with Crippen molar-refractivity contribution in [2.75, 3.05) is 20.5 Å². The first-order chi connectivity index (χ1) is 19.3. The molecule has 2 aliphatic rings. The Morgan fingerprint density at radius 2 is 1.95 bits per heavy atom. The Balaban J connectivity index is 1.36. The average Bonchev–Trinajstić information content (AvgIpc) is 3.67. The van der Waals surface area contributed by atoms with Gasteiger partial charge in [-0.25, -0.2) is 9.59 Å². The number of imide groups is 1. The first kappa shape index (κ1) is 27.4. The van der Waals surface area contributed by atoms with Crippen LogP contribution in [0.25, 0.3) is 6.08 Å². The fraction of sp³-hybridized carbons (Fsp3) is 0.222. The van der Waals surface area contributed by atoms with Crippen LogP contribution in [0.1, 0.15) is 34.4 Å². The Hall–Kier alpha value is -4.16. The summed E-state index contributed by atoms with van der Waals surface area (Å²) < 4.78 is 33.0. The number of amides is 3. The van der Waals surface area contributed by atoms with Crippen molar-refractivity contribution in [3.8, 4) is 23.0 Å². The van der Waals surface area contributed by atoms with Crippen molar-refractivity contribution in [2.45, 2.75) is 20.1 Å². The number of esters is 1. The molecule has 1 aromatic heterocycles. The molecule has 0 radical (unpaired) electrons. The van der Waals surface area contributed by atoms with E-state index in [2.05, 4.69) is 26.0 Å². The number of rotatable bonds is 9. The van der Waals surface area contributed by atoms with Gasteiger partial charge in [0.2, 0.25) is 12.6 Å². The number of fused-ring (bicyclic) bond motifs is 1. The lowest BCUT2D eigenvalue weighted by atomic mass is 10.1. The van der Waals surface area contributed by atoms with Crippen molar-refractivity contribution in [3.63, 3.8) is 0 Å². The van der Waals surface area contributed by atoms with Crippen LogP contribution in [0.2, 0.25) is 5.02 Å². The van der Waals surface area contributed by atoms with Crippen LogP contribution in [0.15, 0.2) is 51.0 Å². The molecule has 13 heteroatoms. The summed E-state index contributed by atoms with van der Waals surface area (Å²) in [5.41, 5.74) is 1.32. The van der Waals surface area contributed by atoms with Gasteiger partial charge in [0, 0.05) is 4.47 Å². The summed E-state index contributed by atoms with van der Waals surface area (Å²) in [5.74, 6) is 0.887. The molecule has 3 aromatic rings. The summed E-state index contributed by atoms with van der Waals surface area (Å²) in [6, 6.07) is 9.37. The molecule has 0 bridgehead atoms. The van der Waals surface area contributed by atoms with Gasteiger partial charge in [0.1, 0.15) is 23.1 Å². The predicted octanol–water partition coefficient (Wildman–Crippen LogP) is 5.28. The molecular formula is C27H22BrClN2O9. The number of carbonyl (C=O) groups is 3. The van der Waals surface area contributed by atoms with E-state index in [-0.39, 0.29) is 42.2 Å². The van der Waals surface area contributed by atoms with E-state index >= 15 is 0 Å². The summed E-state index contributed by atoms with van der Waals surface area (Å²) in [6.45, 7) is 2.31. The van der Waals surface area contributed by atoms with Gasteiger partial charge in [-0.3, -0.25) is 9.69 Å². The van der Waals surface area contributed by atoms with Crippen LogP contribution in [-0.2, 0) is 22.7 Å². The van der Waals surface area contributed by atoms with Crippen LogP contribution in [0.4, 0.5) is 4.79 Å². The lowest BCUT2D eigenvalue weighted by Crippen LogP contribution is -2.30. The molecule has 0 spiro atoms. The maximum atomic E-state index is 13.1. The van der Waals surface area contributed by atoms with Crippen molar-refractivity contribution >= 4 is 51.5 Å². The van der Waals surface area contributed by atoms with E-state index in [1.54, 1.807) is 12.1 Å². The van der Waals surface area contributed by atoms with E-state index in [4.69, 9.17) is 35.0 Å². The van der Waals surface area contributed by atoms with Gasteiger partial charge in [-0.2, -0.15) is 0 Å². The van der Waals surface area contributed by atoms with E-state index in [1.165, 1.54) is 25.3 Å². The number of methoxy groups -OCH3 is 1. The number of urea groups is 1. The zero-order valence-electron chi connectivity index (χ0n) is 21.2. The standard InChI is InChI=1S/C27H22BrClN2O9/c1-3-36-21-10-15(22(28)23(29)24(21)37-12-14-4-6-18-20(8-14)39-13-38-18)9-17-25(32)31(27(34)30-17)11-16-5-7-19(40-16)26(33)35-2/h4-10H,3,11-13H2,1-2H3,(H,30,34)/b17-9-. The van der Waals surface area contributed by atoms with Crippen molar-refractivity contribution in [1.82, 2.24) is 10.2 Å². The largest absolute Gasteiger partial charge is 0.490 e. The normalized spacial score (nSPS) is 15.0. The van der Waals surface area contributed by atoms with Gasteiger partial charge in [-0.1, -0.05) is 17.7 Å². The lowest BCUT2D eigenvalue weighted by molar-refractivity contribution is -0.123. The number of hydrogen-bond donors (Lipinski definition) is 1. The highest BCUT2D eigenvalue weighted by atomic mass is 79.9. The Labute approximate surface area is 241 Å². The SMILES string of the molecule is CCOc1cc(/C=C2\NC(=O)N(Cc3ccc(C(=O)OC)o3)C2=O)c(Br)c(Cl)c1OCc1ccc2c(c1)OCO2. The molecule has 1 saturated heterocycles. The van der Waals surface area contributed by atoms with Crippen LogP contribution in [0.5, 0.6) is 23.0 Å². The van der Waals surface area contributed by atoms with Crippen molar-refractivity contribution < 1.29 is 42.5 Å². The van der Waals surface area contributed by atoms with E-state index < -0.39 is 17.9 Å². The number of nitrogens with one attached hydrogen (secondary N) is 1. The minimum Gasteiger partial charge on any atom is -0.490 e. The Bertz CT molecular complexity index is 1530. The fourth-order valence-corrected chi connectivity index (χ4v) is 4.66. The van der Waals surface area contributed by atoms with Crippen LogP contribution >= 0.6 is 27.5 Å². The minimum absolute atomic E-state index is 0.0120. The summed E-state index contributed by atoms with van der Waals surface area (Å²) >= 11 is 10.1. The number of halogens is 2. The zero-order valence-corrected chi connectivity index (χ0v) is 23.6. The number of carbonyl (C=O) groups excluding carboxylic acids is 3. The van der Waals surface area contributed by atoms with Gasteiger partial charge >= 0.3 is 12.0 Å². The second-order valence-corrected chi connectivity index (χ2v) is 9.64. The summed E-state index contributed by atoms with van der Waals surface area (Å²) in [5, 5.41) is 2.77. The second kappa shape index (κ2) is 11.5. The first-order valence-corrected chi connectivity index (χ1v) is 13.1. The van der Waals surface area contributed by atoms with Crippen molar-refractivity contribution in [1.29, 1.82) is 0 Å². The summed E-state index contributed by atoms with van der Waals surface area (Å²) in [4.78, 5) is 38.2. The lowest BCUT2D eigenvalue weighted by Gasteiger charge is -2.16. The molecule has 1 N–H and O–H groups in total. The molecule has 5 rings (SSSR count). The van der Waals surface area contributed by atoms with E-state index in [9.17, 15) is 14.4 Å². The van der Waals surface area contributed by atoms with Crippen molar-refractivity contribution in [3.05, 3.63) is 74.2 Å². The van der Waals surface area contributed by atoms with Crippen LogP contribution in [0, 0.1) is 0 Å². The van der Waals surface area contributed by atoms with E-state index in [0.717, 1.165) is 10.5 Å². The average molecular weight is 634 g/mol. The third kappa shape index (κ3) is 5.45. The maximum absolute atomic E-state index is 13.1. The summed E-state index contributed by atoms with van der Waals surface area (Å²) in [6.07, 6.45) is 1.47. The summed E-state index contributed by atoms with van der Waals surface area (Å²) in [7, 11) is 1.22. The molecule has 3 heterocycles. The van der Waals surface area contributed by atoms with Gasteiger partial charge in [0.05, 0.1) is 20.3 Å². The number of hydrogen-bond acceptors (Lipinski definition) is 9. The predicted molar refractivity (Wildman–Crippen MR) is 144 cm³/mol. The first-order valence-electron chi connectivity index (χ1n) is 12.0. The number of ether oxygens (including phenoxy) is 5. The Kier molecular flexibility index (Phi) is 7.90. The molecule has 0 aliphatic carbocycles. The van der Waals surface area contributed by atoms with E-state index in [1.807, 2.05) is 19.1 Å². The topological polar surface area (TPSA) is 126 Å². The van der Waals surface area contributed by atoms with Gasteiger partial charge < -0.3 is 33.4 Å². The van der Waals surface area contributed by atoms with Gasteiger partial charge in [-0.05, 0) is 70.4 Å². The molecule has 2 aromatic carbocycles. The third-order valence-electron chi connectivity index (χ3n) is 5.90. The zero-order chi connectivity index (χ0) is 28.4. The van der Waals surface area contributed by atoms with E-state index in [0.29, 0.717) is 39.6 Å². The molecule has 208 valence electrons. The molecule has 3 amide bonds. The Morgan fingerprint density at radius 3 is 2.73 bits per heavy atom. The van der Waals surface area contributed by atoms with Crippen molar-refractivity contribution in [2.24, 2.45) is 0 Å². The number of benzene rings is 2. The highest BCUT2D eigenvalue weighted by Crippen LogP contribution is 2.44. The number of nitrogens with zero attached hydrogens (tertiary/aromatic N) is 1. The number of furan rings is 1. The molecule has 11 nitrogen and oxygen atoms in total. The smallest absolute Gasteiger partial charge is 0.373 e. The quantitative estimate of drug-likeness (QED) is 0.190. The van der Waals surface area contributed by atoms with Gasteiger partial charge in [0.25, 0.3) is 5.91 Å².